The molecule has 10 heteroatoms. The van der Waals surface area contributed by atoms with Crippen molar-refractivity contribution in [3.05, 3.63) is 106 Å². The molecule has 2 aromatic carbocycles. The van der Waals surface area contributed by atoms with Crippen LogP contribution in [0.4, 0.5) is 14.5 Å². The predicted octanol–water partition coefficient (Wildman–Crippen LogP) is 3.64. The van der Waals surface area contributed by atoms with Crippen LogP contribution in [0.5, 0.6) is 0 Å². The number of halogens is 2. The van der Waals surface area contributed by atoms with E-state index in [1.54, 1.807) is 43.4 Å². The van der Waals surface area contributed by atoms with E-state index in [1.165, 1.54) is 34.9 Å². The topological polar surface area (TPSA) is 94.3 Å². The van der Waals surface area contributed by atoms with Crippen molar-refractivity contribution in [1.29, 1.82) is 5.26 Å². The number of hydrogen-bond acceptors (Lipinski definition) is 6. The van der Waals surface area contributed by atoms with Gasteiger partial charge in [-0.1, -0.05) is 24.3 Å². The molecule has 0 spiro atoms. The first kappa shape index (κ1) is 26.6. The Morgan fingerprint density at radius 1 is 1.00 bits per heavy atom. The molecule has 0 bridgehead atoms. The van der Waals surface area contributed by atoms with Gasteiger partial charge in [-0.05, 0) is 60.4 Å². The minimum Gasteiger partial charge on any atom is -0.366 e. The number of nitriles is 1. The molecular weight excluding hydrogens is 526 g/mol. The summed E-state index contributed by atoms with van der Waals surface area (Å²) in [5.74, 6) is -0.896. The number of piperazine rings is 1. The lowest BCUT2D eigenvalue weighted by molar-refractivity contribution is -0.127. The zero-order valence-electron chi connectivity index (χ0n) is 22.4. The van der Waals surface area contributed by atoms with Gasteiger partial charge in [0.25, 0.3) is 5.56 Å². The number of carbonyl (C=O) groups excluding carboxylic acids is 1. The van der Waals surface area contributed by atoms with E-state index in [1.807, 2.05) is 4.90 Å². The second kappa shape index (κ2) is 10.7. The number of anilines is 1. The molecule has 6 rings (SSSR count). The van der Waals surface area contributed by atoms with Crippen LogP contribution in [0, 0.1) is 23.0 Å². The molecule has 4 aromatic rings. The van der Waals surface area contributed by atoms with Gasteiger partial charge in [0.1, 0.15) is 35.0 Å². The van der Waals surface area contributed by atoms with Crippen molar-refractivity contribution >= 4 is 22.6 Å². The number of nitrogens with zero attached hydrogens (tertiary/aromatic N) is 5. The van der Waals surface area contributed by atoms with E-state index < -0.39 is 12.1 Å². The van der Waals surface area contributed by atoms with Crippen LogP contribution in [0.3, 0.4) is 0 Å². The molecule has 1 unspecified atom stereocenters. The summed E-state index contributed by atoms with van der Waals surface area (Å²) in [6.45, 7) is 1.11. The number of amides is 1. The highest BCUT2D eigenvalue weighted by Crippen LogP contribution is 2.35. The third kappa shape index (κ3) is 5.28. The Hall–Kier alpha value is -4.62. The predicted molar refractivity (Wildman–Crippen MR) is 150 cm³/mol. The van der Waals surface area contributed by atoms with Gasteiger partial charge in [0.05, 0.1) is 17.2 Å². The maximum absolute atomic E-state index is 13.9. The summed E-state index contributed by atoms with van der Waals surface area (Å²) < 4.78 is 29.3. The van der Waals surface area contributed by atoms with E-state index in [2.05, 4.69) is 21.3 Å². The van der Waals surface area contributed by atoms with E-state index in [4.69, 9.17) is 0 Å². The van der Waals surface area contributed by atoms with Crippen LogP contribution in [-0.4, -0.2) is 52.1 Å². The van der Waals surface area contributed by atoms with Crippen LogP contribution in [0.15, 0.2) is 71.5 Å². The average molecular weight is 555 g/mol. The largest absolute Gasteiger partial charge is 0.366 e. The lowest BCUT2D eigenvalue weighted by atomic mass is 9.94. The van der Waals surface area contributed by atoms with E-state index >= 15 is 0 Å². The number of benzene rings is 2. The number of hydrogen-bond donors (Lipinski definition) is 1. The van der Waals surface area contributed by atoms with Gasteiger partial charge < -0.3 is 14.8 Å². The Kier molecular flexibility index (Phi) is 6.97. The molecule has 1 saturated heterocycles. The number of rotatable bonds is 6. The first-order valence-electron chi connectivity index (χ1n) is 13.6. The summed E-state index contributed by atoms with van der Waals surface area (Å²) in [6, 6.07) is 18.1. The second-order valence-corrected chi connectivity index (χ2v) is 10.6. The maximum Gasteiger partial charge on any atom is 0.252 e. The van der Waals surface area contributed by atoms with E-state index in [0.717, 1.165) is 24.0 Å². The molecule has 1 atom stereocenters. The fraction of sp³-hybridized carbons (Fsp3) is 0.290. The molecule has 1 amide bonds. The van der Waals surface area contributed by atoms with E-state index in [9.17, 15) is 23.6 Å². The third-order valence-electron chi connectivity index (χ3n) is 7.88. The van der Waals surface area contributed by atoms with Gasteiger partial charge in [0.2, 0.25) is 5.91 Å². The monoisotopic (exact) mass is 554 g/mol. The summed E-state index contributed by atoms with van der Waals surface area (Å²) >= 11 is 0. The molecule has 41 heavy (non-hydrogen) atoms. The van der Waals surface area contributed by atoms with Gasteiger partial charge in [0, 0.05) is 38.8 Å². The molecule has 208 valence electrons. The minimum atomic E-state index is -0.650. The average Bonchev–Trinajstić information content (AvgIpc) is 3.81. The summed E-state index contributed by atoms with van der Waals surface area (Å²) in [4.78, 5) is 35.2. The Balaban J connectivity index is 1.43. The quantitative estimate of drug-likeness (QED) is 0.391. The molecule has 2 aromatic heterocycles. The standard InChI is InChI=1S/C31H28F2N6O2/c1-37-25-13-12-24(17-34)35-29(25)26(16-28(37)40)38-14-15-39(27(18-38)31(41)36-23-10-11-23)30(19-2-6-21(32)7-3-19)20-4-8-22(33)9-5-20/h2-9,12-13,16,23,27,30H,10-11,14-15,18H2,1H3,(H,36,41). The molecule has 8 nitrogen and oxygen atoms in total. The van der Waals surface area contributed by atoms with Crippen LogP contribution in [0.1, 0.15) is 35.7 Å². The summed E-state index contributed by atoms with van der Waals surface area (Å²) in [7, 11) is 1.65. The van der Waals surface area contributed by atoms with Crippen molar-refractivity contribution in [2.75, 3.05) is 24.5 Å². The van der Waals surface area contributed by atoms with Crippen molar-refractivity contribution < 1.29 is 13.6 Å². The summed E-state index contributed by atoms with van der Waals surface area (Å²) in [5, 5.41) is 12.6. The van der Waals surface area contributed by atoms with Gasteiger partial charge in [-0.2, -0.15) is 5.26 Å². The first-order chi connectivity index (χ1) is 19.8. The molecule has 2 aliphatic rings. The lowest BCUT2D eigenvalue weighted by Crippen LogP contribution is -2.60. The molecular formula is C31H28F2N6O2. The van der Waals surface area contributed by atoms with Gasteiger partial charge in [-0.25, -0.2) is 13.8 Å². The van der Waals surface area contributed by atoms with Crippen molar-refractivity contribution in [3.63, 3.8) is 0 Å². The van der Waals surface area contributed by atoms with Gasteiger partial charge in [-0.15, -0.1) is 0 Å². The van der Waals surface area contributed by atoms with Gasteiger partial charge in [-0.3, -0.25) is 14.5 Å². The van der Waals surface area contributed by atoms with Crippen LogP contribution in [0.2, 0.25) is 0 Å². The normalized spacial score (nSPS) is 17.5. The Morgan fingerprint density at radius 3 is 2.22 bits per heavy atom. The Labute approximate surface area is 235 Å². The van der Waals surface area contributed by atoms with Crippen molar-refractivity contribution in [2.45, 2.75) is 31.0 Å². The van der Waals surface area contributed by atoms with Crippen molar-refractivity contribution in [2.24, 2.45) is 7.05 Å². The van der Waals surface area contributed by atoms with E-state index in [-0.39, 0.29) is 41.4 Å². The molecule has 1 aliphatic heterocycles. The van der Waals surface area contributed by atoms with Gasteiger partial charge >= 0.3 is 0 Å². The number of nitrogens with one attached hydrogen (secondary N) is 1. The lowest BCUT2D eigenvalue weighted by Gasteiger charge is -2.45. The number of aromatic nitrogens is 2. The van der Waals surface area contributed by atoms with E-state index in [0.29, 0.717) is 29.8 Å². The smallest absolute Gasteiger partial charge is 0.252 e. The molecule has 0 radical (unpaired) electrons. The first-order valence-corrected chi connectivity index (χ1v) is 13.6. The fourth-order valence-corrected chi connectivity index (χ4v) is 5.56. The molecule has 2 fully saturated rings. The number of fused-ring (bicyclic) bond motifs is 1. The van der Waals surface area contributed by atoms with Crippen LogP contribution in [-0.2, 0) is 11.8 Å². The zero-order valence-corrected chi connectivity index (χ0v) is 22.4. The van der Waals surface area contributed by atoms with Gasteiger partial charge in [0.15, 0.2) is 0 Å². The Bertz CT molecular complexity index is 1670. The highest BCUT2D eigenvalue weighted by molar-refractivity contribution is 5.90. The minimum absolute atomic E-state index is 0.125. The summed E-state index contributed by atoms with van der Waals surface area (Å²) in [6.07, 6.45) is 1.84. The number of pyridine rings is 2. The van der Waals surface area contributed by atoms with Crippen LogP contribution >= 0.6 is 0 Å². The van der Waals surface area contributed by atoms with Crippen LogP contribution in [0.25, 0.3) is 11.0 Å². The summed E-state index contributed by atoms with van der Waals surface area (Å²) in [5.41, 5.74) is 3.20. The SMILES string of the molecule is Cn1c(=O)cc(N2CCN(C(c3ccc(F)cc3)c3ccc(F)cc3)C(C(=O)NC3CC3)C2)c2nc(C#N)ccc21. The molecule has 1 aliphatic carbocycles. The molecule has 3 heterocycles. The van der Waals surface area contributed by atoms with Crippen LogP contribution < -0.4 is 15.8 Å². The van der Waals surface area contributed by atoms with Crippen molar-refractivity contribution in [3.8, 4) is 6.07 Å². The second-order valence-electron chi connectivity index (χ2n) is 10.6. The number of aryl methyl sites for hydroxylation is 1. The molecule has 1 saturated carbocycles. The maximum atomic E-state index is 13.9. The third-order valence-corrected chi connectivity index (χ3v) is 7.88. The Morgan fingerprint density at radius 2 is 1.63 bits per heavy atom. The number of carbonyl (C=O) groups is 1. The fourth-order valence-electron chi connectivity index (χ4n) is 5.56. The zero-order chi connectivity index (χ0) is 28.7. The molecule has 1 N–H and O–H groups in total. The highest BCUT2D eigenvalue weighted by atomic mass is 19.1. The van der Waals surface area contributed by atoms with Crippen molar-refractivity contribution in [1.82, 2.24) is 19.8 Å². The highest BCUT2D eigenvalue weighted by Gasteiger charge is 2.40.